The molecule has 2 aromatic carbocycles. The van der Waals surface area contributed by atoms with Crippen molar-refractivity contribution in [2.24, 2.45) is 0 Å². The van der Waals surface area contributed by atoms with Gasteiger partial charge < -0.3 is 10.0 Å². The van der Waals surface area contributed by atoms with Gasteiger partial charge in [-0.05, 0) is 67.0 Å². The third kappa shape index (κ3) is 4.07. The van der Waals surface area contributed by atoms with Crippen molar-refractivity contribution in [3.63, 3.8) is 0 Å². The Hall–Kier alpha value is -1.93. The number of aryl methyl sites for hydroxylation is 1. The molecule has 1 saturated carbocycles. The number of nitrogens with zero attached hydrogens (tertiary/aromatic N) is 2. The summed E-state index contributed by atoms with van der Waals surface area (Å²) >= 11 is 2.69. The Bertz CT molecular complexity index is 910. The summed E-state index contributed by atoms with van der Waals surface area (Å²) in [4.78, 5) is 0. The van der Waals surface area contributed by atoms with Crippen molar-refractivity contribution in [2.75, 3.05) is 10.0 Å². The first-order valence-corrected chi connectivity index (χ1v) is 10.2. The Morgan fingerprint density at radius 2 is 1.92 bits per heavy atom. The van der Waals surface area contributed by atoms with Crippen LogP contribution in [0, 0.1) is 18.6 Å². The molecule has 8 heteroatoms. The third-order valence-corrected chi connectivity index (χ3v) is 5.54. The molecule has 1 heterocycles. The zero-order valence-electron chi connectivity index (χ0n) is 14.8. The lowest BCUT2D eigenvalue weighted by molar-refractivity contribution is 0.628. The molecule has 0 atom stereocenters. The molecular formula is C18H20F2N4S2. The summed E-state index contributed by atoms with van der Waals surface area (Å²) in [6.07, 6.45) is 2.31. The first-order chi connectivity index (χ1) is 12.6. The maximum absolute atomic E-state index is 14.9. The molecular weight excluding hydrogens is 374 g/mol. The molecule has 0 spiro atoms. The molecule has 1 aromatic heterocycles. The van der Waals surface area contributed by atoms with E-state index in [2.05, 4.69) is 19.6 Å². The van der Waals surface area contributed by atoms with E-state index < -0.39 is 11.6 Å². The molecule has 0 bridgehead atoms. The van der Waals surface area contributed by atoms with E-state index in [1.54, 1.807) is 37.1 Å². The van der Waals surface area contributed by atoms with Crippen molar-refractivity contribution in [1.82, 2.24) is 9.59 Å². The number of aromatic nitrogens is 2. The molecule has 0 aliphatic heterocycles. The van der Waals surface area contributed by atoms with E-state index in [0.29, 0.717) is 15.6 Å². The summed E-state index contributed by atoms with van der Waals surface area (Å²) in [5.74, 6) is -0.952. The highest BCUT2D eigenvalue weighted by atomic mass is 32.2. The molecule has 0 saturated heterocycles. The van der Waals surface area contributed by atoms with Gasteiger partial charge in [0.1, 0.15) is 17.0 Å². The third-order valence-electron chi connectivity index (χ3n) is 3.73. The van der Waals surface area contributed by atoms with Gasteiger partial charge in [-0.25, -0.2) is 8.78 Å². The van der Waals surface area contributed by atoms with Gasteiger partial charge in [-0.2, -0.15) is 0 Å². The van der Waals surface area contributed by atoms with Crippen molar-refractivity contribution in [2.45, 2.75) is 38.9 Å². The second kappa shape index (κ2) is 8.18. The summed E-state index contributed by atoms with van der Waals surface area (Å²) in [6.45, 7) is 5.81. The first kappa shape index (κ1) is 18.8. The van der Waals surface area contributed by atoms with Gasteiger partial charge in [0.15, 0.2) is 5.82 Å². The molecule has 4 nitrogen and oxygen atoms in total. The Balaban J connectivity index is 0.000000948. The normalized spacial score (nSPS) is 13.3. The topological polar surface area (TPSA) is 49.8 Å². The summed E-state index contributed by atoms with van der Waals surface area (Å²) in [7, 11) is 0. The minimum Gasteiger partial charge on any atom is -0.349 e. The fraction of sp³-hybridized carbons (Fsp3) is 0.333. The van der Waals surface area contributed by atoms with Gasteiger partial charge in [-0.3, -0.25) is 0 Å². The molecule has 0 amide bonds. The van der Waals surface area contributed by atoms with Crippen molar-refractivity contribution in [3.05, 3.63) is 41.5 Å². The van der Waals surface area contributed by atoms with Crippen LogP contribution in [0.1, 0.15) is 32.3 Å². The lowest BCUT2D eigenvalue weighted by atomic mass is 10.2. The van der Waals surface area contributed by atoms with Gasteiger partial charge in [-0.15, -0.1) is 5.10 Å². The minimum absolute atomic E-state index is 0.186. The molecule has 1 fully saturated rings. The molecule has 26 heavy (non-hydrogen) atoms. The highest BCUT2D eigenvalue weighted by molar-refractivity contribution is 8.01. The maximum atomic E-state index is 14.9. The van der Waals surface area contributed by atoms with E-state index in [-0.39, 0.29) is 16.9 Å². The van der Waals surface area contributed by atoms with Crippen molar-refractivity contribution in [3.8, 4) is 0 Å². The van der Waals surface area contributed by atoms with Gasteiger partial charge >= 0.3 is 0 Å². The molecule has 1 aliphatic rings. The van der Waals surface area contributed by atoms with Crippen molar-refractivity contribution < 1.29 is 8.78 Å². The molecule has 138 valence electrons. The number of rotatable bonds is 5. The molecule has 1 aliphatic carbocycles. The largest absolute Gasteiger partial charge is 0.349 e. The quantitative estimate of drug-likeness (QED) is 0.500. The number of nitrogens with one attached hydrogen (secondary N) is 2. The Morgan fingerprint density at radius 3 is 2.62 bits per heavy atom. The average Bonchev–Trinajstić information content (AvgIpc) is 3.35. The van der Waals surface area contributed by atoms with Crippen LogP contribution in [-0.4, -0.2) is 14.8 Å². The van der Waals surface area contributed by atoms with Crippen LogP contribution in [0.4, 0.5) is 25.8 Å². The second-order valence-corrected chi connectivity index (χ2v) is 7.65. The van der Waals surface area contributed by atoms with E-state index in [1.807, 2.05) is 13.8 Å². The van der Waals surface area contributed by atoms with Crippen LogP contribution in [0.3, 0.4) is 0 Å². The van der Waals surface area contributed by atoms with Gasteiger partial charge in [0.2, 0.25) is 0 Å². The average molecular weight is 395 g/mol. The van der Waals surface area contributed by atoms with Crippen LogP contribution in [-0.2, 0) is 0 Å². The number of hydrogen-bond donors (Lipinski definition) is 2. The summed E-state index contributed by atoms with van der Waals surface area (Å²) in [5.41, 5.74) is 1.98. The van der Waals surface area contributed by atoms with Crippen LogP contribution in [0.5, 0.6) is 0 Å². The van der Waals surface area contributed by atoms with Crippen molar-refractivity contribution >= 4 is 50.8 Å². The smallest absolute Gasteiger partial charge is 0.177 e. The minimum atomic E-state index is -0.528. The second-order valence-electron chi connectivity index (χ2n) is 5.76. The number of fused-ring (bicyclic) bond motifs is 1. The Morgan fingerprint density at radius 1 is 1.15 bits per heavy atom. The SMILES string of the molecule is CC.Cc1ccc(Nc2c(NSC3CC3)cc3snnc3c2F)c(F)c1. The maximum Gasteiger partial charge on any atom is 0.177 e. The van der Waals surface area contributed by atoms with Gasteiger partial charge in [0.25, 0.3) is 0 Å². The van der Waals surface area contributed by atoms with Crippen LogP contribution in [0.2, 0.25) is 0 Å². The Labute approximate surface area is 159 Å². The fourth-order valence-electron chi connectivity index (χ4n) is 2.28. The van der Waals surface area contributed by atoms with Gasteiger partial charge in [0, 0.05) is 5.25 Å². The summed E-state index contributed by atoms with van der Waals surface area (Å²) in [5, 5.41) is 7.25. The van der Waals surface area contributed by atoms with Gasteiger partial charge in [0.05, 0.1) is 16.1 Å². The summed E-state index contributed by atoms with van der Waals surface area (Å²) in [6, 6.07) is 6.59. The number of hydrogen-bond acceptors (Lipinski definition) is 6. The van der Waals surface area contributed by atoms with E-state index in [4.69, 9.17) is 0 Å². The van der Waals surface area contributed by atoms with Crippen molar-refractivity contribution in [1.29, 1.82) is 0 Å². The standard InChI is InChI=1S/C16H14F2N4S2.C2H6/c1-8-2-5-11(10(17)6-8)19-15-12(21-23-9-3-4-9)7-13-16(14(15)18)20-22-24-13;1-2/h2,5-7,9,19,21H,3-4H2,1H3;1-2H3. The van der Waals surface area contributed by atoms with Crippen LogP contribution < -0.4 is 10.0 Å². The van der Waals surface area contributed by atoms with Crippen LogP contribution in [0.25, 0.3) is 10.2 Å². The molecule has 3 aromatic rings. The zero-order valence-corrected chi connectivity index (χ0v) is 16.4. The van der Waals surface area contributed by atoms with E-state index in [0.717, 1.165) is 29.9 Å². The van der Waals surface area contributed by atoms with Crippen LogP contribution >= 0.6 is 23.5 Å². The number of anilines is 3. The highest BCUT2D eigenvalue weighted by Gasteiger charge is 2.24. The summed E-state index contributed by atoms with van der Waals surface area (Å²) < 4.78 is 36.7. The lowest BCUT2D eigenvalue weighted by Gasteiger charge is -2.15. The monoisotopic (exact) mass is 394 g/mol. The van der Waals surface area contributed by atoms with E-state index >= 15 is 0 Å². The lowest BCUT2D eigenvalue weighted by Crippen LogP contribution is -2.02. The molecule has 0 unspecified atom stereocenters. The van der Waals surface area contributed by atoms with E-state index in [1.165, 1.54) is 6.07 Å². The van der Waals surface area contributed by atoms with E-state index in [9.17, 15) is 8.78 Å². The highest BCUT2D eigenvalue weighted by Crippen LogP contribution is 2.40. The van der Waals surface area contributed by atoms with Gasteiger partial charge in [-0.1, -0.05) is 24.4 Å². The molecule has 4 rings (SSSR count). The van der Waals surface area contributed by atoms with Crippen LogP contribution in [0.15, 0.2) is 24.3 Å². The molecule has 0 radical (unpaired) electrons. The zero-order chi connectivity index (χ0) is 18.7. The Kier molecular flexibility index (Phi) is 5.93. The number of benzene rings is 2. The molecule has 2 N–H and O–H groups in total. The predicted octanol–water partition coefficient (Wildman–Crippen LogP) is 6.27. The first-order valence-electron chi connectivity index (χ1n) is 8.51. The number of halogens is 2. The predicted molar refractivity (Wildman–Crippen MR) is 107 cm³/mol. The fourth-order valence-corrected chi connectivity index (χ4v) is 3.70.